The highest BCUT2D eigenvalue weighted by Crippen LogP contribution is 2.18. The van der Waals surface area contributed by atoms with E-state index in [1.165, 1.54) is 24.2 Å². The Bertz CT molecular complexity index is 385. The molecule has 1 aromatic rings. The van der Waals surface area contributed by atoms with Gasteiger partial charge in [0.25, 0.3) is 0 Å². The zero-order valence-electron chi connectivity index (χ0n) is 10.8. The average molecular weight is 268 g/mol. The summed E-state index contributed by atoms with van der Waals surface area (Å²) in [5, 5.41) is 12.5. The van der Waals surface area contributed by atoms with Gasteiger partial charge < -0.3 is 4.90 Å². The molecule has 0 aromatic carbocycles. The number of nitrogens with zero attached hydrogens (tertiary/aromatic N) is 3. The highest BCUT2D eigenvalue weighted by Gasteiger charge is 2.16. The van der Waals surface area contributed by atoms with Gasteiger partial charge in [0.1, 0.15) is 5.01 Å². The van der Waals surface area contributed by atoms with E-state index in [9.17, 15) is 4.79 Å². The van der Waals surface area contributed by atoms with Gasteiger partial charge in [0.05, 0.1) is 0 Å². The van der Waals surface area contributed by atoms with Crippen LogP contribution in [0, 0.1) is 0 Å². The van der Waals surface area contributed by atoms with Gasteiger partial charge in [0.15, 0.2) is 0 Å². The fraction of sp³-hybridized carbons (Fsp3) is 0.750. The Kier molecular flexibility index (Phi) is 4.92. The van der Waals surface area contributed by atoms with Crippen molar-refractivity contribution >= 4 is 22.5 Å². The first-order valence-corrected chi connectivity index (χ1v) is 7.49. The van der Waals surface area contributed by atoms with E-state index >= 15 is 0 Å². The van der Waals surface area contributed by atoms with Crippen LogP contribution in [0.1, 0.15) is 44.0 Å². The molecule has 18 heavy (non-hydrogen) atoms. The number of carbonyl (C=O) groups is 1. The van der Waals surface area contributed by atoms with Gasteiger partial charge in [-0.2, -0.15) is 0 Å². The van der Waals surface area contributed by atoms with Crippen molar-refractivity contribution in [2.45, 2.75) is 45.4 Å². The van der Waals surface area contributed by atoms with Crippen molar-refractivity contribution in [3.8, 4) is 0 Å². The standard InChI is InChI=1S/C12H20N4OS/c1-2-7-10-14-15-11(18-10)13-12(17)16-8-5-3-4-6-9-16/h2-9H2,1H3,(H,13,15,17). The first-order chi connectivity index (χ1) is 8.79. The van der Waals surface area contributed by atoms with Crippen LogP contribution in [0.2, 0.25) is 0 Å². The van der Waals surface area contributed by atoms with Crippen molar-refractivity contribution in [1.82, 2.24) is 15.1 Å². The molecule has 2 rings (SSSR count). The summed E-state index contributed by atoms with van der Waals surface area (Å²) in [7, 11) is 0. The molecule has 0 unspecified atom stereocenters. The second-order valence-corrected chi connectivity index (χ2v) is 5.64. The number of aromatic nitrogens is 2. The second kappa shape index (κ2) is 6.68. The van der Waals surface area contributed by atoms with E-state index in [-0.39, 0.29) is 6.03 Å². The van der Waals surface area contributed by atoms with E-state index in [2.05, 4.69) is 22.4 Å². The van der Waals surface area contributed by atoms with Crippen LogP contribution in [0.15, 0.2) is 0 Å². The Morgan fingerprint density at radius 2 is 2.00 bits per heavy atom. The van der Waals surface area contributed by atoms with Crippen LogP contribution in [0.3, 0.4) is 0 Å². The highest BCUT2D eigenvalue weighted by molar-refractivity contribution is 7.15. The molecule has 0 aliphatic carbocycles. The summed E-state index contributed by atoms with van der Waals surface area (Å²) in [6.07, 6.45) is 6.63. The lowest BCUT2D eigenvalue weighted by atomic mass is 10.2. The minimum absolute atomic E-state index is 0.0314. The van der Waals surface area contributed by atoms with Gasteiger partial charge in [-0.05, 0) is 19.3 Å². The predicted octanol–water partition coefficient (Wildman–Crippen LogP) is 2.90. The molecule has 0 spiro atoms. The fourth-order valence-electron chi connectivity index (χ4n) is 2.06. The van der Waals surface area contributed by atoms with Gasteiger partial charge in [-0.1, -0.05) is 31.1 Å². The highest BCUT2D eigenvalue weighted by atomic mass is 32.1. The van der Waals surface area contributed by atoms with E-state index in [1.54, 1.807) is 0 Å². The number of rotatable bonds is 3. The lowest BCUT2D eigenvalue weighted by Gasteiger charge is -2.19. The van der Waals surface area contributed by atoms with Crippen molar-refractivity contribution in [3.05, 3.63) is 5.01 Å². The lowest BCUT2D eigenvalue weighted by Crippen LogP contribution is -2.35. The molecule has 1 saturated heterocycles. The van der Waals surface area contributed by atoms with E-state index in [1.807, 2.05) is 4.90 Å². The summed E-state index contributed by atoms with van der Waals surface area (Å²) in [4.78, 5) is 13.9. The van der Waals surface area contributed by atoms with Gasteiger partial charge in [0, 0.05) is 19.5 Å². The van der Waals surface area contributed by atoms with Gasteiger partial charge in [0.2, 0.25) is 5.13 Å². The topological polar surface area (TPSA) is 58.1 Å². The van der Waals surface area contributed by atoms with Crippen LogP contribution in [0.4, 0.5) is 9.93 Å². The third-order valence-electron chi connectivity index (χ3n) is 3.04. The Balaban J connectivity index is 1.88. The summed E-state index contributed by atoms with van der Waals surface area (Å²) in [6, 6.07) is -0.0314. The molecular weight excluding hydrogens is 248 g/mol. The number of hydrogen-bond acceptors (Lipinski definition) is 4. The van der Waals surface area contributed by atoms with Crippen molar-refractivity contribution in [2.24, 2.45) is 0 Å². The second-order valence-electron chi connectivity index (χ2n) is 4.58. The number of hydrogen-bond donors (Lipinski definition) is 1. The molecule has 0 atom stereocenters. The fourth-order valence-corrected chi connectivity index (χ4v) is 2.89. The van der Waals surface area contributed by atoms with Gasteiger partial charge in [-0.3, -0.25) is 5.32 Å². The normalized spacial score (nSPS) is 16.4. The van der Waals surface area contributed by atoms with Crippen LogP contribution < -0.4 is 5.32 Å². The van der Waals surface area contributed by atoms with Gasteiger partial charge in [-0.25, -0.2) is 4.79 Å². The smallest absolute Gasteiger partial charge is 0.323 e. The Hall–Kier alpha value is -1.17. The maximum absolute atomic E-state index is 12.0. The molecular formula is C12H20N4OS. The Morgan fingerprint density at radius 1 is 1.28 bits per heavy atom. The monoisotopic (exact) mass is 268 g/mol. The number of amides is 2. The minimum atomic E-state index is -0.0314. The Labute approximate surface area is 112 Å². The molecule has 100 valence electrons. The van der Waals surface area contributed by atoms with Crippen LogP contribution >= 0.6 is 11.3 Å². The first kappa shape index (κ1) is 13.3. The maximum atomic E-state index is 12.0. The van der Waals surface area contributed by atoms with Crippen LogP contribution in [-0.4, -0.2) is 34.2 Å². The molecule has 0 saturated carbocycles. The van der Waals surface area contributed by atoms with Crippen LogP contribution in [-0.2, 0) is 6.42 Å². The number of likely N-dealkylation sites (tertiary alicyclic amines) is 1. The Morgan fingerprint density at radius 3 is 2.67 bits per heavy atom. The largest absolute Gasteiger partial charge is 0.324 e. The van der Waals surface area contributed by atoms with Crippen LogP contribution in [0.5, 0.6) is 0 Å². The molecule has 2 heterocycles. The predicted molar refractivity (Wildman–Crippen MR) is 73.0 cm³/mol. The zero-order valence-corrected chi connectivity index (χ0v) is 11.6. The lowest BCUT2D eigenvalue weighted by molar-refractivity contribution is 0.213. The number of urea groups is 1. The van der Waals surface area contributed by atoms with E-state index in [0.717, 1.165) is 43.8 Å². The molecule has 0 bridgehead atoms. The molecule has 1 aliphatic heterocycles. The third kappa shape index (κ3) is 3.66. The molecule has 5 nitrogen and oxygen atoms in total. The summed E-state index contributed by atoms with van der Waals surface area (Å²) < 4.78 is 0. The molecule has 1 fully saturated rings. The average Bonchev–Trinajstić information content (AvgIpc) is 2.65. The quantitative estimate of drug-likeness (QED) is 0.917. The maximum Gasteiger partial charge on any atom is 0.323 e. The number of aryl methyl sites for hydroxylation is 1. The SMILES string of the molecule is CCCc1nnc(NC(=O)N2CCCCCC2)s1. The van der Waals surface area contributed by atoms with Gasteiger partial charge in [-0.15, -0.1) is 10.2 Å². The zero-order chi connectivity index (χ0) is 12.8. The molecule has 1 aliphatic rings. The molecule has 2 amide bonds. The third-order valence-corrected chi connectivity index (χ3v) is 3.94. The van der Waals surface area contributed by atoms with Crippen LogP contribution in [0.25, 0.3) is 0 Å². The van der Waals surface area contributed by atoms with Crippen molar-refractivity contribution < 1.29 is 4.79 Å². The van der Waals surface area contributed by atoms with Crippen molar-refractivity contribution in [3.63, 3.8) is 0 Å². The molecule has 1 aromatic heterocycles. The van der Waals surface area contributed by atoms with E-state index < -0.39 is 0 Å². The van der Waals surface area contributed by atoms with E-state index in [4.69, 9.17) is 0 Å². The molecule has 0 radical (unpaired) electrons. The molecule has 6 heteroatoms. The van der Waals surface area contributed by atoms with Crippen molar-refractivity contribution in [1.29, 1.82) is 0 Å². The van der Waals surface area contributed by atoms with E-state index in [0.29, 0.717) is 5.13 Å². The van der Waals surface area contributed by atoms with Crippen molar-refractivity contribution in [2.75, 3.05) is 18.4 Å². The minimum Gasteiger partial charge on any atom is -0.324 e. The van der Waals surface area contributed by atoms with Gasteiger partial charge >= 0.3 is 6.03 Å². The summed E-state index contributed by atoms with van der Waals surface area (Å²) in [5.74, 6) is 0. The summed E-state index contributed by atoms with van der Waals surface area (Å²) in [6.45, 7) is 3.82. The first-order valence-electron chi connectivity index (χ1n) is 6.68. The number of carbonyl (C=O) groups excluding carboxylic acids is 1. The molecule has 1 N–H and O–H groups in total. The number of anilines is 1. The number of nitrogens with one attached hydrogen (secondary N) is 1. The summed E-state index contributed by atoms with van der Waals surface area (Å²) in [5.41, 5.74) is 0. The summed E-state index contributed by atoms with van der Waals surface area (Å²) >= 11 is 1.47.